The molecule has 0 radical (unpaired) electrons. The number of halogens is 1. The van der Waals surface area contributed by atoms with Crippen molar-refractivity contribution in [3.8, 4) is 5.75 Å². The Bertz CT molecular complexity index is 888. The lowest BCUT2D eigenvalue weighted by Gasteiger charge is -2.20. The van der Waals surface area contributed by atoms with Crippen molar-refractivity contribution in [2.24, 2.45) is 16.6 Å². The summed E-state index contributed by atoms with van der Waals surface area (Å²) >= 11 is 6.08. The number of aliphatic imine (C=N–C) groups is 1. The molecule has 0 aromatic heterocycles. The highest BCUT2D eigenvalue weighted by molar-refractivity contribution is 6.70. The molecular formula is C21H27ClN4O. The third-order valence-corrected chi connectivity index (χ3v) is 4.99. The standard InChI is InChI=1S/C21H27ClN4O/c1-13-7-6-8-18(26(5)24)17(13)12-27-19-10-9-16(11-14(19)2)20(23)15(3)21(22)25-4/h6-11H,12,23-24H2,1-5H3. The summed E-state index contributed by atoms with van der Waals surface area (Å²) in [6.07, 6.45) is 0. The largest absolute Gasteiger partial charge is 0.489 e. The maximum absolute atomic E-state index is 6.23. The molecule has 0 saturated carbocycles. The topological polar surface area (TPSA) is 76.9 Å². The maximum Gasteiger partial charge on any atom is 0.128 e. The normalized spacial score (nSPS) is 12.6. The van der Waals surface area contributed by atoms with Crippen LogP contribution < -0.4 is 21.3 Å². The number of hydrogen-bond acceptors (Lipinski definition) is 5. The van der Waals surface area contributed by atoms with E-state index in [1.54, 1.807) is 12.1 Å². The van der Waals surface area contributed by atoms with Crippen LogP contribution in [0.25, 0.3) is 5.70 Å². The number of hydrogen-bond donors (Lipinski definition) is 2. The first-order valence-electron chi connectivity index (χ1n) is 8.66. The first-order valence-corrected chi connectivity index (χ1v) is 9.03. The zero-order valence-corrected chi connectivity index (χ0v) is 17.3. The fraction of sp³-hybridized carbons (Fsp3) is 0.286. The number of anilines is 1. The minimum Gasteiger partial charge on any atom is -0.489 e. The molecule has 2 aromatic carbocycles. The summed E-state index contributed by atoms with van der Waals surface area (Å²) in [5, 5.41) is 2.01. The molecule has 0 heterocycles. The molecular weight excluding hydrogens is 360 g/mol. The van der Waals surface area contributed by atoms with Gasteiger partial charge in [0, 0.05) is 30.9 Å². The molecule has 5 nitrogen and oxygen atoms in total. The van der Waals surface area contributed by atoms with E-state index < -0.39 is 0 Å². The van der Waals surface area contributed by atoms with E-state index >= 15 is 0 Å². The van der Waals surface area contributed by atoms with E-state index in [0.717, 1.165) is 39.3 Å². The zero-order chi connectivity index (χ0) is 20.1. The summed E-state index contributed by atoms with van der Waals surface area (Å²) in [5.74, 6) is 6.74. The van der Waals surface area contributed by atoms with Gasteiger partial charge in [0.15, 0.2) is 0 Å². The average Bonchev–Trinajstić information content (AvgIpc) is 2.65. The van der Waals surface area contributed by atoms with E-state index in [9.17, 15) is 0 Å². The van der Waals surface area contributed by atoms with Gasteiger partial charge in [0.05, 0.1) is 5.69 Å². The van der Waals surface area contributed by atoms with Gasteiger partial charge in [-0.05, 0) is 61.7 Å². The molecule has 2 aromatic rings. The molecule has 0 fully saturated rings. The number of nitrogens with zero attached hydrogens (tertiary/aromatic N) is 2. The van der Waals surface area contributed by atoms with Crippen molar-refractivity contribution in [1.29, 1.82) is 0 Å². The smallest absolute Gasteiger partial charge is 0.128 e. The van der Waals surface area contributed by atoms with Crippen LogP contribution in [-0.4, -0.2) is 19.3 Å². The van der Waals surface area contributed by atoms with Gasteiger partial charge in [0.25, 0.3) is 0 Å². The molecule has 0 amide bonds. The van der Waals surface area contributed by atoms with Crippen LogP contribution >= 0.6 is 11.6 Å². The van der Waals surface area contributed by atoms with E-state index in [0.29, 0.717) is 17.5 Å². The van der Waals surface area contributed by atoms with Crippen molar-refractivity contribution < 1.29 is 4.74 Å². The van der Waals surface area contributed by atoms with Gasteiger partial charge in [-0.3, -0.25) is 4.99 Å². The molecule has 144 valence electrons. The fourth-order valence-corrected chi connectivity index (χ4v) is 2.93. The van der Waals surface area contributed by atoms with E-state index in [4.69, 9.17) is 27.9 Å². The van der Waals surface area contributed by atoms with Crippen LogP contribution in [0.1, 0.15) is 29.2 Å². The molecule has 0 aliphatic rings. The summed E-state index contributed by atoms with van der Waals surface area (Å²) in [5.41, 5.74) is 12.6. The van der Waals surface area contributed by atoms with Crippen molar-refractivity contribution in [2.45, 2.75) is 27.4 Å². The van der Waals surface area contributed by atoms with Crippen molar-refractivity contribution in [3.63, 3.8) is 0 Å². The molecule has 0 aliphatic carbocycles. The van der Waals surface area contributed by atoms with Crippen LogP contribution in [0.2, 0.25) is 0 Å². The van der Waals surface area contributed by atoms with Crippen LogP contribution in [0.15, 0.2) is 47.0 Å². The van der Waals surface area contributed by atoms with Gasteiger partial charge in [0.2, 0.25) is 0 Å². The maximum atomic E-state index is 6.23. The lowest BCUT2D eigenvalue weighted by Crippen LogP contribution is -2.26. The van der Waals surface area contributed by atoms with E-state index in [2.05, 4.69) is 18.0 Å². The predicted molar refractivity (Wildman–Crippen MR) is 115 cm³/mol. The number of benzene rings is 2. The number of ether oxygens (including phenoxy) is 1. The predicted octanol–water partition coefficient (Wildman–Crippen LogP) is 4.15. The lowest BCUT2D eigenvalue weighted by atomic mass is 10.0. The van der Waals surface area contributed by atoms with Gasteiger partial charge in [-0.1, -0.05) is 23.7 Å². The number of allylic oxidation sites excluding steroid dienone is 1. The van der Waals surface area contributed by atoms with Crippen LogP contribution in [0, 0.1) is 13.8 Å². The molecule has 27 heavy (non-hydrogen) atoms. The quantitative estimate of drug-likeness (QED) is 0.444. The van der Waals surface area contributed by atoms with Crippen molar-refractivity contribution >= 4 is 28.2 Å². The summed E-state index contributed by atoms with van der Waals surface area (Å²) < 4.78 is 6.07. The summed E-state index contributed by atoms with van der Waals surface area (Å²) in [4.78, 5) is 3.97. The Balaban J connectivity index is 2.26. The molecule has 0 spiro atoms. The Morgan fingerprint density at radius 3 is 2.48 bits per heavy atom. The van der Waals surface area contributed by atoms with Gasteiger partial charge in [-0.15, -0.1) is 0 Å². The molecule has 0 aliphatic heterocycles. The van der Waals surface area contributed by atoms with Crippen molar-refractivity contribution in [2.75, 3.05) is 19.1 Å². The third-order valence-electron chi connectivity index (χ3n) is 4.53. The van der Waals surface area contributed by atoms with Gasteiger partial charge in [-0.2, -0.15) is 0 Å². The number of aryl methyl sites for hydroxylation is 2. The van der Waals surface area contributed by atoms with E-state index in [1.165, 1.54) is 0 Å². The number of hydrazine groups is 1. The Morgan fingerprint density at radius 2 is 1.89 bits per heavy atom. The Hall–Kier alpha value is -2.50. The molecule has 0 saturated heterocycles. The summed E-state index contributed by atoms with van der Waals surface area (Å²) in [6, 6.07) is 11.9. The average molecular weight is 387 g/mol. The van der Waals surface area contributed by atoms with Gasteiger partial charge in [-0.25, -0.2) is 5.84 Å². The molecule has 0 unspecified atom stereocenters. The molecule has 2 rings (SSSR count). The first kappa shape index (κ1) is 20.8. The Kier molecular flexibility index (Phi) is 6.88. The monoisotopic (exact) mass is 386 g/mol. The van der Waals surface area contributed by atoms with Crippen molar-refractivity contribution in [1.82, 2.24) is 0 Å². The molecule has 0 bridgehead atoms. The van der Waals surface area contributed by atoms with E-state index in [-0.39, 0.29) is 0 Å². The second kappa shape index (κ2) is 8.93. The minimum atomic E-state index is 0.406. The zero-order valence-electron chi connectivity index (χ0n) is 16.5. The highest BCUT2D eigenvalue weighted by Crippen LogP contribution is 2.27. The summed E-state index contributed by atoms with van der Waals surface area (Å²) in [7, 11) is 3.46. The minimum absolute atomic E-state index is 0.406. The second-order valence-electron chi connectivity index (χ2n) is 6.51. The first-order chi connectivity index (χ1) is 12.8. The third kappa shape index (κ3) is 4.81. The Labute approximate surface area is 166 Å². The summed E-state index contributed by atoms with van der Waals surface area (Å²) in [6.45, 7) is 6.33. The van der Waals surface area contributed by atoms with Crippen LogP contribution in [-0.2, 0) is 6.61 Å². The molecule has 4 N–H and O–H groups in total. The molecule has 0 atom stereocenters. The van der Waals surface area contributed by atoms with Gasteiger partial charge in [0.1, 0.15) is 17.5 Å². The highest BCUT2D eigenvalue weighted by Gasteiger charge is 2.11. The number of rotatable bonds is 6. The second-order valence-corrected chi connectivity index (χ2v) is 6.86. The van der Waals surface area contributed by atoms with Crippen molar-refractivity contribution in [3.05, 3.63) is 64.2 Å². The van der Waals surface area contributed by atoms with E-state index in [1.807, 2.05) is 51.2 Å². The SMILES string of the molecule is CN=C(Cl)C(C)=C(N)c1ccc(OCc2c(C)cccc2N(C)N)c(C)c1. The van der Waals surface area contributed by atoms with Gasteiger partial charge < -0.3 is 15.5 Å². The van der Waals surface area contributed by atoms with Crippen LogP contribution in [0.4, 0.5) is 5.69 Å². The van der Waals surface area contributed by atoms with Crippen LogP contribution in [0.5, 0.6) is 5.75 Å². The highest BCUT2D eigenvalue weighted by atomic mass is 35.5. The lowest BCUT2D eigenvalue weighted by molar-refractivity contribution is 0.303. The molecule has 6 heteroatoms. The number of nitrogens with two attached hydrogens (primary N) is 2. The van der Waals surface area contributed by atoms with Gasteiger partial charge >= 0.3 is 0 Å². The Morgan fingerprint density at radius 1 is 1.19 bits per heavy atom. The fourth-order valence-electron chi connectivity index (χ4n) is 2.83. The van der Waals surface area contributed by atoms with Crippen LogP contribution in [0.3, 0.4) is 0 Å².